The second-order valence-corrected chi connectivity index (χ2v) is 7.55. The number of hydrogen-bond donors (Lipinski definition) is 0. The highest BCUT2D eigenvalue weighted by molar-refractivity contribution is 7.95. The van der Waals surface area contributed by atoms with Gasteiger partial charge in [-0.15, -0.1) is 0 Å². The zero-order valence-corrected chi connectivity index (χ0v) is 15.4. The second kappa shape index (κ2) is 8.21. The van der Waals surface area contributed by atoms with Gasteiger partial charge in [0.15, 0.2) is 0 Å². The number of rotatable bonds is 5. The van der Waals surface area contributed by atoms with E-state index in [2.05, 4.69) is 0 Å². The molecule has 0 unspecified atom stereocenters. The van der Waals surface area contributed by atoms with Crippen LogP contribution in [0.25, 0.3) is 6.08 Å². The summed E-state index contributed by atoms with van der Waals surface area (Å²) in [6.07, 6.45) is 4.32. The maximum Gasteiger partial charge on any atom is 0.218 e. The van der Waals surface area contributed by atoms with Gasteiger partial charge in [0, 0.05) is 10.6 Å². The molecule has 0 amide bonds. The standard InChI is InChI=1S/C18H13Cl2NO3S/c1-24-17-8-3-2-5-13(17)6-4-7-15(12-21)25(22,23)18-11-14(19)9-10-16(18)20/h2-11H,1H3/b6-4+,15-7+. The van der Waals surface area contributed by atoms with Gasteiger partial charge < -0.3 is 4.74 Å². The third-order valence-corrected chi connectivity index (χ3v) is 5.64. The van der Waals surface area contributed by atoms with E-state index in [1.807, 2.05) is 12.1 Å². The molecule has 2 aromatic rings. The van der Waals surface area contributed by atoms with E-state index >= 15 is 0 Å². The lowest BCUT2D eigenvalue weighted by atomic mass is 10.2. The molecule has 0 spiro atoms. The minimum absolute atomic E-state index is 0.000687. The molecule has 0 aliphatic carbocycles. The monoisotopic (exact) mass is 393 g/mol. The van der Waals surface area contributed by atoms with Gasteiger partial charge in [0.25, 0.3) is 0 Å². The Morgan fingerprint density at radius 3 is 2.60 bits per heavy atom. The van der Waals surface area contributed by atoms with Crippen LogP contribution in [0.15, 0.2) is 64.4 Å². The predicted octanol–water partition coefficient (Wildman–Crippen LogP) is 4.90. The Morgan fingerprint density at radius 2 is 1.92 bits per heavy atom. The molecule has 0 bridgehead atoms. The summed E-state index contributed by atoms with van der Waals surface area (Å²) < 4.78 is 30.4. The topological polar surface area (TPSA) is 67.2 Å². The summed E-state index contributed by atoms with van der Waals surface area (Å²) in [6.45, 7) is 0. The molecule has 128 valence electrons. The van der Waals surface area contributed by atoms with Crippen molar-refractivity contribution in [3.8, 4) is 11.8 Å². The van der Waals surface area contributed by atoms with Crippen LogP contribution < -0.4 is 4.74 Å². The summed E-state index contributed by atoms with van der Waals surface area (Å²) in [5.74, 6) is 0.631. The fraction of sp³-hybridized carbons (Fsp3) is 0.0556. The zero-order valence-electron chi connectivity index (χ0n) is 13.1. The fourth-order valence-corrected chi connectivity index (χ4v) is 3.91. The number of halogens is 2. The van der Waals surface area contributed by atoms with Crippen molar-refractivity contribution in [3.05, 3.63) is 75.1 Å². The van der Waals surface area contributed by atoms with Crippen molar-refractivity contribution >= 4 is 39.1 Å². The third kappa shape index (κ3) is 4.43. The van der Waals surface area contributed by atoms with E-state index in [4.69, 9.17) is 27.9 Å². The average molecular weight is 394 g/mol. The molecular weight excluding hydrogens is 381 g/mol. The van der Waals surface area contributed by atoms with Crippen molar-refractivity contribution in [3.63, 3.8) is 0 Å². The number of nitriles is 1. The highest BCUT2D eigenvalue weighted by Crippen LogP contribution is 2.29. The molecule has 7 heteroatoms. The molecule has 0 radical (unpaired) electrons. The first-order chi connectivity index (χ1) is 11.9. The zero-order chi connectivity index (χ0) is 18.4. The third-order valence-electron chi connectivity index (χ3n) is 3.24. The first kappa shape index (κ1) is 19.1. The summed E-state index contributed by atoms with van der Waals surface area (Å²) in [5.41, 5.74) is 0.747. The number of para-hydroxylation sites is 1. The van der Waals surface area contributed by atoms with Crippen LogP contribution in [0, 0.1) is 11.3 Å². The molecule has 4 nitrogen and oxygen atoms in total. The van der Waals surface area contributed by atoms with Gasteiger partial charge in [-0.2, -0.15) is 5.26 Å². The fourth-order valence-electron chi connectivity index (χ4n) is 2.03. The van der Waals surface area contributed by atoms with E-state index in [0.717, 1.165) is 5.56 Å². The van der Waals surface area contributed by atoms with Gasteiger partial charge >= 0.3 is 0 Å². The molecule has 2 aromatic carbocycles. The number of hydrogen-bond acceptors (Lipinski definition) is 4. The van der Waals surface area contributed by atoms with E-state index in [9.17, 15) is 13.7 Å². The minimum atomic E-state index is -4.07. The normalized spacial score (nSPS) is 12.2. The van der Waals surface area contributed by atoms with Crippen molar-refractivity contribution in [2.75, 3.05) is 7.11 Å². The van der Waals surface area contributed by atoms with Crippen molar-refractivity contribution in [2.24, 2.45) is 0 Å². The van der Waals surface area contributed by atoms with Crippen LogP contribution in [0.2, 0.25) is 10.0 Å². The Balaban J connectivity index is 2.42. The number of benzene rings is 2. The molecular formula is C18H13Cl2NO3S. The summed E-state index contributed by atoms with van der Waals surface area (Å²) in [4.78, 5) is -0.650. The van der Waals surface area contributed by atoms with Gasteiger partial charge in [0.05, 0.1) is 17.0 Å². The lowest BCUT2D eigenvalue weighted by molar-refractivity contribution is 0.414. The van der Waals surface area contributed by atoms with Crippen LogP contribution >= 0.6 is 23.2 Å². The molecule has 0 fully saturated rings. The predicted molar refractivity (Wildman–Crippen MR) is 99.4 cm³/mol. The Morgan fingerprint density at radius 1 is 1.20 bits per heavy atom. The first-order valence-corrected chi connectivity index (χ1v) is 9.25. The molecule has 25 heavy (non-hydrogen) atoms. The smallest absolute Gasteiger partial charge is 0.218 e. The molecule has 0 aliphatic rings. The van der Waals surface area contributed by atoms with Gasteiger partial charge in [-0.05, 0) is 30.3 Å². The lowest BCUT2D eigenvalue weighted by Gasteiger charge is -2.05. The second-order valence-electron chi connectivity index (χ2n) is 4.82. The van der Waals surface area contributed by atoms with E-state index in [1.165, 1.54) is 37.5 Å². The summed E-state index contributed by atoms with van der Waals surface area (Å²) >= 11 is 11.8. The minimum Gasteiger partial charge on any atom is -0.496 e. The number of nitrogens with zero attached hydrogens (tertiary/aromatic N) is 1. The van der Waals surface area contributed by atoms with Gasteiger partial charge in [0.2, 0.25) is 9.84 Å². The quantitative estimate of drug-likeness (QED) is 0.535. The Kier molecular flexibility index (Phi) is 6.27. The van der Waals surface area contributed by atoms with E-state index in [0.29, 0.717) is 5.75 Å². The van der Waals surface area contributed by atoms with Crippen LogP contribution in [0.3, 0.4) is 0 Å². The van der Waals surface area contributed by atoms with E-state index in [1.54, 1.807) is 24.3 Å². The molecule has 0 aromatic heterocycles. The van der Waals surface area contributed by atoms with Crippen LogP contribution in [0.4, 0.5) is 0 Å². The van der Waals surface area contributed by atoms with Gasteiger partial charge in [-0.1, -0.05) is 53.6 Å². The van der Waals surface area contributed by atoms with Crippen LogP contribution in [-0.2, 0) is 9.84 Å². The largest absolute Gasteiger partial charge is 0.496 e. The summed E-state index contributed by atoms with van der Waals surface area (Å²) in [6, 6.07) is 13.0. The Labute approximate surface area is 156 Å². The van der Waals surface area contributed by atoms with Crippen molar-refractivity contribution in [1.82, 2.24) is 0 Å². The molecule has 0 atom stereocenters. The van der Waals surface area contributed by atoms with E-state index in [-0.39, 0.29) is 14.9 Å². The highest BCUT2D eigenvalue weighted by atomic mass is 35.5. The molecule has 0 heterocycles. The first-order valence-electron chi connectivity index (χ1n) is 7.01. The van der Waals surface area contributed by atoms with Crippen molar-refractivity contribution in [2.45, 2.75) is 4.90 Å². The van der Waals surface area contributed by atoms with Crippen molar-refractivity contribution in [1.29, 1.82) is 5.26 Å². The van der Waals surface area contributed by atoms with Crippen LogP contribution in [0.1, 0.15) is 5.56 Å². The molecule has 0 saturated heterocycles. The summed E-state index contributed by atoms with van der Waals surface area (Å²) in [7, 11) is -2.54. The number of allylic oxidation sites excluding steroid dienone is 3. The van der Waals surface area contributed by atoms with Crippen LogP contribution in [0.5, 0.6) is 5.75 Å². The molecule has 0 aliphatic heterocycles. The summed E-state index contributed by atoms with van der Waals surface area (Å²) in [5, 5.41) is 9.46. The van der Waals surface area contributed by atoms with Gasteiger partial charge in [-0.3, -0.25) is 0 Å². The van der Waals surface area contributed by atoms with E-state index < -0.39 is 14.7 Å². The van der Waals surface area contributed by atoms with Crippen molar-refractivity contribution < 1.29 is 13.2 Å². The maximum absolute atomic E-state index is 12.6. The molecule has 0 N–H and O–H groups in total. The molecule has 0 saturated carbocycles. The van der Waals surface area contributed by atoms with Crippen LogP contribution in [-0.4, -0.2) is 15.5 Å². The lowest BCUT2D eigenvalue weighted by Crippen LogP contribution is -2.04. The number of sulfone groups is 1. The molecule has 2 rings (SSSR count). The highest BCUT2D eigenvalue weighted by Gasteiger charge is 2.23. The van der Waals surface area contributed by atoms with Gasteiger partial charge in [-0.25, -0.2) is 8.42 Å². The SMILES string of the molecule is COc1ccccc1/C=C/C=C(\C#N)S(=O)(=O)c1cc(Cl)ccc1Cl. The average Bonchev–Trinajstić information content (AvgIpc) is 2.60. The van der Waals surface area contributed by atoms with Gasteiger partial charge in [0.1, 0.15) is 16.7 Å². The number of methoxy groups -OCH3 is 1. The Hall–Kier alpha value is -2.26. The number of ether oxygens (including phenoxy) is 1. The Bertz CT molecular complexity index is 990. The maximum atomic E-state index is 12.6.